The number of esters is 2. The van der Waals surface area contributed by atoms with Crippen molar-refractivity contribution in [1.29, 1.82) is 0 Å². The maximum absolute atomic E-state index is 13.9. The third-order valence-electron chi connectivity index (χ3n) is 3.76. The Morgan fingerprint density at radius 3 is 2.79 bits per heavy atom. The number of carbonyl (C=O) groups excluding carboxylic acids is 2. The van der Waals surface area contributed by atoms with E-state index in [1.807, 2.05) is 0 Å². The van der Waals surface area contributed by atoms with Crippen molar-refractivity contribution in [1.82, 2.24) is 19.5 Å². The van der Waals surface area contributed by atoms with E-state index in [0.29, 0.717) is 5.57 Å². The predicted molar refractivity (Wildman–Crippen MR) is 95.2 cm³/mol. The van der Waals surface area contributed by atoms with Gasteiger partial charge in [-0.15, -0.1) is 0 Å². The molecule has 0 saturated carbocycles. The van der Waals surface area contributed by atoms with Gasteiger partial charge in [-0.3, -0.25) is 4.57 Å². The minimum absolute atomic E-state index is 0.0502. The summed E-state index contributed by atoms with van der Waals surface area (Å²) in [6.45, 7) is 3.32. The van der Waals surface area contributed by atoms with Crippen LogP contribution in [0.1, 0.15) is 13.8 Å². The van der Waals surface area contributed by atoms with Crippen LogP contribution in [-0.2, 0) is 23.8 Å². The third kappa shape index (κ3) is 3.63. The summed E-state index contributed by atoms with van der Waals surface area (Å²) >= 11 is 0. The molecule has 0 N–H and O–H groups in total. The highest BCUT2D eigenvalue weighted by Crippen LogP contribution is 2.24. The van der Waals surface area contributed by atoms with Gasteiger partial charge in [-0.05, 0) is 13.8 Å². The molecule has 0 spiro atoms. The fourth-order valence-electron chi connectivity index (χ4n) is 2.46. The monoisotopic (exact) mass is 391 g/mol. The first kappa shape index (κ1) is 19.3. The number of nitrogens with zero attached hydrogens (tertiary/aromatic N) is 5. The second-order valence-electron chi connectivity index (χ2n) is 5.98. The topological polar surface area (TPSA) is 109 Å². The average Bonchev–Trinajstić information content (AvgIpc) is 3.18. The lowest BCUT2D eigenvalue weighted by molar-refractivity contribution is -0.152. The van der Waals surface area contributed by atoms with Crippen LogP contribution in [0.3, 0.4) is 0 Å². The molecule has 1 unspecified atom stereocenters. The van der Waals surface area contributed by atoms with E-state index in [0.717, 1.165) is 6.26 Å². The van der Waals surface area contributed by atoms with Gasteiger partial charge in [0.2, 0.25) is 0 Å². The van der Waals surface area contributed by atoms with Crippen LogP contribution in [0.5, 0.6) is 0 Å². The lowest BCUT2D eigenvalue weighted by atomic mass is 10.3. The van der Waals surface area contributed by atoms with Gasteiger partial charge >= 0.3 is 18.0 Å². The summed E-state index contributed by atoms with van der Waals surface area (Å²) < 4.78 is 30.5. The number of rotatable bonds is 6. The van der Waals surface area contributed by atoms with Crippen molar-refractivity contribution in [2.45, 2.75) is 20.1 Å². The first-order chi connectivity index (χ1) is 13.3. The quantitative estimate of drug-likeness (QED) is 0.311. The molecule has 28 heavy (non-hydrogen) atoms. The van der Waals surface area contributed by atoms with E-state index in [1.165, 1.54) is 17.0 Å². The van der Waals surface area contributed by atoms with Crippen LogP contribution in [0.25, 0.3) is 16.9 Å². The van der Waals surface area contributed by atoms with E-state index < -0.39 is 24.3 Å². The van der Waals surface area contributed by atoms with Crippen molar-refractivity contribution in [3.05, 3.63) is 30.3 Å². The zero-order valence-electron chi connectivity index (χ0n) is 15.7. The summed E-state index contributed by atoms with van der Waals surface area (Å²) in [5.74, 6) is -1.03. The number of hydrogen-bond acceptors (Lipinski definition) is 9. The summed E-state index contributed by atoms with van der Waals surface area (Å²) in [5.41, 5.74) is 0.592. The summed E-state index contributed by atoms with van der Waals surface area (Å²) in [7, 11) is 3.35. The maximum atomic E-state index is 13.9. The van der Waals surface area contributed by atoms with Crippen LogP contribution in [0, 0.1) is 6.08 Å². The van der Waals surface area contributed by atoms with Crippen LogP contribution in [0.2, 0.25) is 0 Å². The molecule has 0 saturated heterocycles. The molecule has 11 heteroatoms. The van der Waals surface area contributed by atoms with E-state index in [4.69, 9.17) is 14.2 Å². The second-order valence-corrected chi connectivity index (χ2v) is 5.98. The van der Waals surface area contributed by atoms with Crippen molar-refractivity contribution in [3.63, 3.8) is 0 Å². The predicted octanol–water partition coefficient (Wildman–Crippen LogP) is 1.24. The molecule has 0 aliphatic carbocycles. The van der Waals surface area contributed by atoms with Gasteiger partial charge in [-0.2, -0.15) is 14.4 Å². The van der Waals surface area contributed by atoms with Gasteiger partial charge in [-0.25, -0.2) is 14.6 Å². The fraction of sp³-hybridized carbons (Fsp3) is 0.353. The molecule has 0 fully saturated rings. The number of carbonyl (C=O) groups is 2. The molecule has 10 nitrogen and oxygen atoms in total. The number of hydrogen-bond donors (Lipinski definition) is 0. The van der Waals surface area contributed by atoms with E-state index >= 15 is 0 Å². The van der Waals surface area contributed by atoms with E-state index in [2.05, 4.69) is 15.0 Å². The molecular weight excluding hydrogens is 373 g/mol. The van der Waals surface area contributed by atoms with Crippen LogP contribution < -0.4 is 4.90 Å². The van der Waals surface area contributed by atoms with E-state index in [1.54, 1.807) is 32.8 Å². The molecule has 0 amide bonds. The molecule has 3 rings (SSSR count). The fourth-order valence-corrected chi connectivity index (χ4v) is 2.46. The normalized spacial score (nSPS) is 16.8. The molecular formula is C17H18FN5O5. The van der Waals surface area contributed by atoms with Gasteiger partial charge in [0.1, 0.15) is 12.6 Å². The standard InChI is InChI=1S/C17H18FN5O5/c1-5-26-16(25)10(7-27-11-6-9(2)15(24)28-11)23-8-19-12-13(22(3)4)20-17(18)21-14(12)23/h6-8,11H,5H2,1-4H3/b10-7-. The molecule has 2 aromatic heterocycles. The Hall–Kier alpha value is -3.50. The largest absolute Gasteiger partial charge is 0.461 e. The Morgan fingerprint density at radius 2 is 2.18 bits per heavy atom. The van der Waals surface area contributed by atoms with Gasteiger partial charge in [0.05, 0.1) is 6.61 Å². The highest BCUT2D eigenvalue weighted by molar-refractivity contribution is 6.11. The Bertz CT molecular complexity index is 997. The summed E-state index contributed by atoms with van der Waals surface area (Å²) in [5, 5.41) is 0. The number of ether oxygens (including phenoxy) is 3. The van der Waals surface area contributed by atoms with Gasteiger partial charge in [0.25, 0.3) is 6.29 Å². The Morgan fingerprint density at radius 1 is 1.43 bits per heavy atom. The zero-order valence-corrected chi connectivity index (χ0v) is 15.7. The molecule has 3 heterocycles. The Kier molecular flexibility index (Phi) is 5.25. The molecule has 148 valence electrons. The molecule has 1 aliphatic heterocycles. The third-order valence-corrected chi connectivity index (χ3v) is 3.76. The lowest BCUT2D eigenvalue weighted by Gasteiger charge is -2.13. The first-order valence-electron chi connectivity index (χ1n) is 8.32. The second kappa shape index (κ2) is 7.62. The highest BCUT2D eigenvalue weighted by atomic mass is 19.1. The van der Waals surface area contributed by atoms with Crippen molar-refractivity contribution in [2.24, 2.45) is 0 Å². The SMILES string of the molecule is CCOC(=O)/C(=C/OC1C=C(C)C(=O)O1)n1cnc2c(N(C)C)nc(F)nc21. The molecule has 1 atom stereocenters. The Labute approximate surface area is 159 Å². The molecule has 1 aliphatic rings. The smallest absolute Gasteiger partial charge is 0.358 e. The van der Waals surface area contributed by atoms with Gasteiger partial charge in [-0.1, -0.05) is 0 Å². The van der Waals surface area contributed by atoms with E-state index in [9.17, 15) is 14.0 Å². The number of halogens is 1. The van der Waals surface area contributed by atoms with Crippen LogP contribution >= 0.6 is 0 Å². The van der Waals surface area contributed by atoms with Gasteiger partial charge in [0.15, 0.2) is 22.7 Å². The molecule has 0 aromatic carbocycles. The summed E-state index contributed by atoms with van der Waals surface area (Å²) in [6.07, 6.45) is 1.82. The van der Waals surface area contributed by atoms with E-state index in [-0.39, 0.29) is 29.3 Å². The molecule has 0 bridgehead atoms. The van der Waals surface area contributed by atoms with Crippen molar-refractivity contribution < 1.29 is 28.2 Å². The molecule has 2 aromatic rings. The van der Waals surface area contributed by atoms with Gasteiger partial charge in [0, 0.05) is 25.7 Å². The van der Waals surface area contributed by atoms with Crippen LogP contribution in [0.4, 0.5) is 10.2 Å². The van der Waals surface area contributed by atoms with Crippen molar-refractivity contribution in [3.8, 4) is 0 Å². The minimum atomic E-state index is -0.990. The Balaban J connectivity index is 2.05. The number of fused-ring (bicyclic) bond motifs is 1. The minimum Gasteiger partial charge on any atom is -0.461 e. The van der Waals surface area contributed by atoms with Crippen molar-refractivity contribution in [2.75, 3.05) is 25.6 Å². The maximum Gasteiger partial charge on any atom is 0.358 e. The molecule has 0 radical (unpaired) electrons. The van der Waals surface area contributed by atoms with Crippen LogP contribution in [0.15, 0.2) is 24.2 Å². The average molecular weight is 391 g/mol. The summed E-state index contributed by atoms with van der Waals surface area (Å²) in [6, 6.07) is 0. The van der Waals surface area contributed by atoms with Crippen molar-refractivity contribution >= 4 is 34.6 Å². The number of imidazole rings is 1. The highest BCUT2D eigenvalue weighted by Gasteiger charge is 2.25. The number of cyclic esters (lactones) is 1. The first-order valence-corrected chi connectivity index (χ1v) is 8.32. The zero-order chi connectivity index (χ0) is 20.4. The number of anilines is 1. The lowest BCUT2D eigenvalue weighted by Crippen LogP contribution is -2.16. The number of aromatic nitrogens is 4. The van der Waals surface area contributed by atoms with Crippen LogP contribution in [-0.4, -0.2) is 58.4 Å². The summed E-state index contributed by atoms with van der Waals surface area (Å²) in [4.78, 5) is 37.1. The van der Waals surface area contributed by atoms with Gasteiger partial charge < -0.3 is 19.1 Å².